The van der Waals surface area contributed by atoms with E-state index in [1.54, 1.807) is 0 Å². The molecule has 0 aromatic heterocycles. The van der Waals surface area contributed by atoms with Crippen molar-refractivity contribution in [1.29, 1.82) is 5.26 Å². The fourth-order valence-corrected chi connectivity index (χ4v) is 0. The molecule has 42 valence electrons. The molecular formula is C4H11NOSi. The number of hydrogen-bond donors (Lipinski definition) is 1. The first-order chi connectivity index (χ1) is 3.15. The molecule has 0 aliphatic heterocycles. The van der Waals surface area contributed by atoms with Gasteiger partial charge in [-0.05, 0) is 0 Å². The summed E-state index contributed by atoms with van der Waals surface area (Å²) in [6.45, 7) is 6.92. The Morgan fingerprint density at radius 1 is 1.43 bits per heavy atom. The van der Waals surface area contributed by atoms with Gasteiger partial charge in [0.15, 0.2) is 0 Å². The smallest absolute Gasteiger partial charge is 0.283 e. The summed E-state index contributed by atoms with van der Waals surface area (Å²) in [6, 6.07) is 0. The van der Waals surface area contributed by atoms with Crippen molar-refractivity contribution in [2.24, 2.45) is 0 Å². The lowest BCUT2D eigenvalue weighted by Crippen LogP contribution is -1.84. The zero-order chi connectivity index (χ0) is 6.28. The van der Waals surface area contributed by atoms with E-state index in [1.165, 1.54) is 0 Å². The molecule has 2 nitrogen and oxygen atoms in total. The van der Waals surface area contributed by atoms with Crippen molar-refractivity contribution in [1.82, 2.24) is 0 Å². The van der Waals surface area contributed by atoms with Crippen LogP contribution in [0, 0.1) is 11.5 Å². The van der Waals surface area contributed by atoms with E-state index in [0.29, 0.717) is 0 Å². The molecule has 0 unspecified atom stereocenters. The van der Waals surface area contributed by atoms with Crippen LogP contribution in [0.25, 0.3) is 0 Å². The molecule has 0 radical (unpaired) electrons. The minimum absolute atomic E-state index is 0.139. The topological polar surface area (TPSA) is 44.0 Å². The Morgan fingerprint density at radius 2 is 1.43 bits per heavy atom. The maximum Gasteiger partial charge on any atom is 0.283 e. The number of nitrogens with zero attached hydrogens (tertiary/aromatic N) is 1. The summed E-state index contributed by atoms with van der Waals surface area (Å²) >= 11 is 0. The van der Waals surface area contributed by atoms with Crippen LogP contribution in [0.15, 0.2) is 0 Å². The maximum absolute atomic E-state index is 6.88. The third-order valence-corrected chi connectivity index (χ3v) is 0. The van der Waals surface area contributed by atoms with Gasteiger partial charge < -0.3 is 5.11 Å². The normalized spacial score (nSPS) is 6.14. The van der Waals surface area contributed by atoms with Gasteiger partial charge in [0.05, 0.1) is 0 Å². The third kappa shape index (κ3) is 279. The first-order valence-corrected chi connectivity index (χ1v) is 5.64. The fraction of sp³-hybridized carbons (Fsp3) is 0.750. The summed E-state index contributed by atoms with van der Waals surface area (Å²) in [7, 11) is -0.139. The van der Waals surface area contributed by atoms with Gasteiger partial charge in [0.25, 0.3) is 6.26 Å². The Bertz CT molecular complexity index is 54.4. The van der Waals surface area contributed by atoms with Crippen LogP contribution >= 0.6 is 0 Å². The highest BCUT2D eigenvalue weighted by atomic mass is 28.3. The molecule has 0 aliphatic rings. The minimum atomic E-state index is -0.139. The molecule has 0 atom stereocenters. The molecule has 0 heterocycles. The van der Waals surface area contributed by atoms with Gasteiger partial charge in [-0.15, -0.1) is 0 Å². The molecule has 1 N–H and O–H groups in total. The van der Waals surface area contributed by atoms with E-state index in [0.717, 1.165) is 6.26 Å². The molecule has 0 saturated carbocycles. The highest BCUT2D eigenvalue weighted by Crippen LogP contribution is 1.68. The molecule has 0 amide bonds. The summed E-state index contributed by atoms with van der Waals surface area (Å²) < 4.78 is 0. The number of aliphatic hydroxyl groups is 1. The predicted octanol–water partition coefficient (Wildman–Crippen LogP) is 0.943. The average Bonchev–Trinajstić information content (AvgIpc) is 1.33. The van der Waals surface area contributed by atoms with Crippen LogP contribution in [0.4, 0.5) is 0 Å². The second kappa shape index (κ2) is 9.10. The van der Waals surface area contributed by atoms with Gasteiger partial charge >= 0.3 is 0 Å². The Labute approximate surface area is 46.0 Å². The Kier molecular flexibility index (Phi) is 12.6. The van der Waals surface area contributed by atoms with Gasteiger partial charge in [-0.1, -0.05) is 19.6 Å². The Balaban J connectivity index is 0. The third-order valence-electron chi connectivity index (χ3n) is 0. The molecule has 0 aliphatic carbocycles. The number of rotatable bonds is 0. The molecule has 0 bridgehead atoms. The number of hydrogen-bond acceptors (Lipinski definition) is 2. The summed E-state index contributed by atoms with van der Waals surface area (Å²) in [6.07, 6.45) is 0.750. The van der Waals surface area contributed by atoms with Gasteiger partial charge in [0.2, 0.25) is 0 Å². The van der Waals surface area contributed by atoms with Gasteiger partial charge in [-0.25, -0.2) is 0 Å². The van der Waals surface area contributed by atoms with Gasteiger partial charge in [0, 0.05) is 8.80 Å². The second-order valence-electron chi connectivity index (χ2n) is 1.83. The standard InChI is InChI=1S/C3H10Si.CHNO/c1-4(2)3;2-1-3/h4H,1-3H3;3H. The fourth-order valence-electron chi connectivity index (χ4n) is 0. The Hall–Kier alpha value is -0.493. The predicted molar refractivity (Wildman–Crippen MR) is 32.3 cm³/mol. The molecule has 0 aromatic rings. The van der Waals surface area contributed by atoms with Crippen LogP contribution in [0.3, 0.4) is 0 Å². The maximum atomic E-state index is 6.88. The van der Waals surface area contributed by atoms with E-state index in [-0.39, 0.29) is 8.80 Å². The quantitative estimate of drug-likeness (QED) is 0.379. The molecular weight excluding hydrogens is 106 g/mol. The zero-order valence-electron chi connectivity index (χ0n) is 4.97. The highest BCUT2D eigenvalue weighted by molar-refractivity contribution is 6.54. The van der Waals surface area contributed by atoms with E-state index in [1.807, 2.05) is 0 Å². The van der Waals surface area contributed by atoms with Crippen LogP contribution in [-0.4, -0.2) is 13.9 Å². The summed E-state index contributed by atoms with van der Waals surface area (Å²) in [5.74, 6) is 0. The lowest BCUT2D eigenvalue weighted by atomic mass is 11.6. The van der Waals surface area contributed by atoms with E-state index < -0.39 is 0 Å². The van der Waals surface area contributed by atoms with Crippen molar-refractivity contribution in [2.75, 3.05) is 0 Å². The molecule has 3 heteroatoms. The Morgan fingerprint density at radius 3 is 1.43 bits per heavy atom. The summed E-state index contributed by atoms with van der Waals surface area (Å²) in [4.78, 5) is 0. The molecule has 0 rings (SSSR count). The molecule has 7 heavy (non-hydrogen) atoms. The van der Waals surface area contributed by atoms with Crippen molar-refractivity contribution in [2.45, 2.75) is 19.6 Å². The van der Waals surface area contributed by atoms with Gasteiger partial charge in [0.1, 0.15) is 0 Å². The number of aliphatic hydroxyl groups excluding tert-OH is 1. The molecule has 0 fully saturated rings. The molecule has 0 aromatic carbocycles. The van der Waals surface area contributed by atoms with E-state index in [9.17, 15) is 0 Å². The SMILES string of the molecule is C[SiH](C)C.N#CO. The summed E-state index contributed by atoms with van der Waals surface area (Å²) in [5.41, 5.74) is 0. The summed E-state index contributed by atoms with van der Waals surface area (Å²) in [5, 5.41) is 13.8. The first-order valence-electron chi connectivity index (χ1n) is 2.18. The zero-order valence-corrected chi connectivity index (χ0v) is 6.13. The van der Waals surface area contributed by atoms with E-state index in [4.69, 9.17) is 10.4 Å². The largest absolute Gasteiger partial charge is 0.443 e. The van der Waals surface area contributed by atoms with Crippen LogP contribution in [-0.2, 0) is 0 Å². The van der Waals surface area contributed by atoms with Crippen molar-refractivity contribution in [3.63, 3.8) is 0 Å². The molecule has 0 saturated heterocycles. The van der Waals surface area contributed by atoms with Crippen molar-refractivity contribution >= 4 is 8.80 Å². The minimum Gasteiger partial charge on any atom is -0.443 e. The monoisotopic (exact) mass is 117 g/mol. The first kappa shape index (κ1) is 9.71. The lowest BCUT2D eigenvalue weighted by Gasteiger charge is -1.75. The van der Waals surface area contributed by atoms with Gasteiger partial charge in [-0.3, -0.25) is 0 Å². The lowest BCUT2D eigenvalue weighted by molar-refractivity contribution is 0.503. The average molecular weight is 117 g/mol. The van der Waals surface area contributed by atoms with E-state index in [2.05, 4.69) is 19.6 Å². The van der Waals surface area contributed by atoms with Gasteiger partial charge in [-0.2, -0.15) is 5.26 Å². The van der Waals surface area contributed by atoms with Crippen LogP contribution in [0.1, 0.15) is 0 Å². The molecule has 0 spiro atoms. The van der Waals surface area contributed by atoms with Crippen LogP contribution < -0.4 is 0 Å². The van der Waals surface area contributed by atoms with Crippen LogP contribution in [0.5, 0.6) is 0 Å². The van der Waals surface area contributed by atoms with Crippen molar-refractivity contribution in [3.8, 4) is 6.26 Å². The second-order valence-corrected chi connectivity index (χ2v) is 5.30. The van der Waals surface area contributed by atoms with Crippen molar-refractivity contribution in [3.05, 3.63) is 0 Å². The van der Waals surface area contributed by atoms with E-state index >= 15 is 0 Å². The van der Waals surface area contributed by atoms with Crippen LogP contribution in [0.2, 0.25) is 19.6 Å². The number of nitriles is 1. The van der Waals surface area contributed by atoms with Crippen molar-refractivity contribution < 1.29 is 5.11 Å². The highest BCUT2D eigenvalue weighted by Gasteiger charge is 1.71.